The van der Waals surface area contributed by atoms with E-state index in [1.807, 2.05) is 30.3 Å². The number of amides is 2. The van der Waals surface area contributed by atoms with Crippen molar-refractivity contribution >= 4 is 17.8 Å². The summed E-state index contributed by atoms with van der Waals surface area (Å²) in [6.07, 6.45) is 3.64. The molecule has 0 saturated heterocycles. The van der Waals surface area contributed by atoms with Gasteiger partial charge in [-0.15, -0.1) is 0 Å². The number of nitrogens with zero attached hydrogens (tertiary/aromatic N) is 1. The van der Waals surface area contributed by atoms with Crippen molar-refractivity contribution in [1.82, 2.24) is 15.6 Å². The molecule has 7 heteroatoms. The number of nitrogens with one attached hydrogen (secondary N) is 2. The zero-order valence-corrected chi connectivity index (χ0v) is 15.3. The predicted octanol–water partition coefficient (Wildman–Crippen LogP) is 1.03. The van der Waals surface area contributed by atoms with Gasteiger partial charge in [0.1, 0.15) is 12.1 Å². The summed E-state index contributed by atoms with van der Waals surface area (Å²) in [6, 6.07) is 11.2. The topological polar surface area (TPSA) is 97.4 Å². The first kappa shape index (κ1) is 20.1. The summed E-state index contributed by atoms with van der Waals surface area (Å²) in [5.74, 6) is -1.30. The Bertz CT molecular complexity index is 765. The number of esters is 1. The molecule has 2 atom stereocenters. The van der Waals surface area contributed by atoms with Gasteiger partial charge < -0.3 is 15.4 Å². The first-order valence-corrected chi connectivity index (χ1v) is 8.60. The second-order valence-corrected chi connectivity index (χ2v) is 6.10. The van der Waals surface area contributed by atoms with Crippen LogP contribution in [0.25, 0.3) is 0 Å². The van der Waals surface area contributed by atoms with Gasteiger partial charge in [-0.05, 0) is 24.1 Å². The van der Waals surface area contributed by atoms with Gasteiger partial charge in [0.25, 0.3) is 0 Å². The van der Waals surface area contributed by atoms with Crippen LogP contribution in [-0.4, -0.2) is 42.0 Å². The molecule has 1 heterocycles. The highest BCUT2D eigenvalue weighted by Crippen LogP contribution is 2.05. The molecule has 0 aliphatic rings. The molecule has 0 spiro atoms. The third-order valence-electron chi connectivity index (χ3n) is 3.94. The van der Waals surface area contributed by atoms with Crippen molar-refractivity contribution in [3.05, 3.63) is 66.0 Å². The summed E-state index contributed by atoms with van der Waals surface area (Å²) in [4.78, 5) is 40.4. The van der Waals surface area contributed by atoms with Crippen LogP contribution >= 0.6 is 0 Å². The van der Waals surface area contributed by atoms with E-state index in [4.69, 9.17) is 4.74 Å². The Kier molecular flexibility index (Phi) is 7.49. The first-order valence-electron chi connectivity index (χ1n) is 8.60. The van der Waals surface area contributed by atoms with E-state index in [1.165, 1.54) is 7.11 Å². The Labute approximate surface area is 158 Å². The fourth-order valence-corrected chi connectivity index (χ4v) is 2.53. The number of rotatable bonds is 8. The molecular formula is C20H23N3O4. The van der Waals surface area contributed by atoms with Crippen molar-refractivity contribution in [1.29, 1.82) is 0 Å². The lowest BCUT2D eigenvalue weighted by Crippen LogP contribution is -2.51. The number of aromatic nitrogens is 1. The minimum Gasteiger partial charge on any atom is -0.467 e. The quantitative estimate of drug-likeness (QED) is 0.678. The van der Waals surface area contributed by atoms with Crippen LogP contribution in [-0.2, 0) is 32.0 Å². The summed E-state index contributed by atoms with van der Waals surface area (Å²) in [5, 5.41) is 5.27. The highest BCUT2D eigenvalue weighted by molar-refractivity contribution is 5.91. The fraction of sp³-hybridized carbons (Fsp3) is 0.300. The van der Waals surface area contributed by atoms with Crippen LogP contribution in [0.15, 0.2) is 54.9 Å². The van der Waals surface area contributed by atoms with Gasteiger partial charge in [-0.1, -0.05) is 36.4 Å². The smallest absolute Gasteiger partial charge is 0.328 e. The summed E-state index contributed by atoms with van der Waals surface area (Å²) in [6.45, 7) is 1.56. The van der Waals surface area contributed by atoms with Crippen molar-refractivity contribution in [2.45, 2.75) is 31.8 Å². The SMILES string of the molecule is COC(=O)[C@H](Cc1ccccc1)NC(=O)[C@H](C)NC(=O)Cc1cccnc1. The van der Waals surface area contributed by atoms with Gasteiger partial charge in [0.05, 0.1) is 13.5 Å². The highest BCUT2D eigenvalue weighted by atomic mass is 16.5. The molecule has 2 N–H and O–H groups in total. The van der Waals surface area contributed by atoms with Gasteiger partial charge in [-0.2, -0.15) is 0 Å². The molecule has 0 aliphatic carbocycles. The van der Waals surface area contributed by atoms with Crippen LogP contribution in [0.4, 0.5) is 0 Å². The van der Waals surface area contributed by atoms with Crippen molar-refractivity contribution in [2.24, 2.45) is 0 Å². The molecule has 0 aliphatic heterocycles. The van der Waals surface area contributed by atoms with Gasteiger partial charge in [0.2, 0.25) is 11.8 Å². The second-order valence-electron chi connectivity index (χ2n) is 6.10. The molecule has 0 unspecified atom stereocenters. The van der Waals surface area contributed by atoms with E-state index in [9.17, 15) is 14.4 Å². The number of carbonyl (C=O) groups is 3. The van der Waals surface area contributed by atoms with Crippen LogP contribution in [0.5, 0.6) is 0 Å². The Morgan fingerprint density at radius 1 is 1.04 bits per heavy atom. The largest absolute Gasteiger partial charge is 0.467 e. The van der Waals surface area contributed by atoms with Gasteiger partial charge in [-0.3, -0.25) is 14.6 Å². The van der Waals surface area contributed by atoms with Gasteiger partial charge in [-0.25, -0.2) is 4.79 Å². The monoisotopic (exact) mass is 369 g/mol. The van der Waals surface area contributed by atoms with E-state index < -0.39 is 24.0 Å². The minimum absolute atomic E-state index is 0.121. The predicted molar refractivity (Wildman–Crippen MR) is 99.6 cm³/mol. The number of ether oxygens (including phenoxy) is 1. The van der Waals surface area contributed by atoms with Crippen molar-refractivity contribution in [2.75, 3.05) is 7.11 Å². The maximum Gasteiger partial charge on any atom is 0.328 e. The van der Waals surface area contributed by atoms with Crippen molar-refractivity contribution in [3.8, 4) is 0 Å². The van der Waals surface area contributed by atoms with Crippen LogP contribution in [0, 0.1) is 0 Å². The number of carbonyl (C=O) groups excluding carboxylic acids is 3. The number of pyridine rings is 1. The van der Waals surface area contributed by atoms with Crippen molar-refractivity contribution < 1.29 is 19.1 Å². The molecular weight excluding hydrogens is 346 g/mol. The lowest BCUT2D eigenvalue weighted by Gasteiger charge is -2.20. The standard InChI is InChI=1S/C20H23N3O4/c1-14(22-18(24)12-16-9-6-10-21-13-16)19(25)23-17(20(26)27-2)11-15-7-4-3-5-8-15/h3-10,13-14,17H,11-12H2,1-2H3,(H,22,24)(H,23,25)/t14-,17-/m0/s1. The Morgan fingerprint density at radius 3 is 2.37 bits per heavy atom. The molecule has 0 saturated carbocycles. The summed E-state index contributed by atoms with van der Waals surface area (Å²) in [5.41, 5.74) is 1.64. The average Bonchev–Trinajstić information content (AvgIpc) is 2.68. The van der Waals surface area contributed by atoms with E-state index in [0.29, 0.717) is 6.42 Å². The molecule has 0 bridgehead atoms. The van der Waals surface area contributed by atoms with E-state index in [-0.39, 0.29) is 12.3 Å². The third kappa shape index (κ3) is 6.54. The summed E-state index contributed by atoms with van der Waals surface area (Å²) >= 11 is 0. The van der Waals surface area contributed by atoms with Crippen LogP contribution < -0.4 is 10.6 Å². The molecule has 142 valence electrons. The van der Waals surface area contributed by atoms with Gasteiger partial charge in [0.15, 0.2) is 0 Å². The molecule has 2 aromatic rings. The third-order valence-corrected chi connectivity index (χ3v) is 3.94. The Hall–Kier alpha value is -3.22. The Morgan fingerprint density at radius 2 is 1.74 bits per heavy atom. The molecule has 0 fully saturated rings. The second kappa shape index (κ2) is 10.1. The van der Waals surface area contributed by atoms with Crippen LogP contribution in [0.3, 0.4) is 0 Å². The van der Waals surface area contributed by atoms with E-state index in [1.54, 1.807) is 31.5 Å². The van der Waals surface area contributed by atoms with Crippen LogP contribution in [0.2, 0.25) is 0 Å². The molecule has 0 radical (unpaired) electrons. The van der Waals surface area contributed by atoms with E-state index in [2.05, 4.69) is 15.6 Å². The molecule has 2 amide bonds. The van der Waals surface area contributed by atoms with Crippen molar-refractivity contribution in [3.63, 3.8) is 0 Å². The van der Waals surface area contributed by atoms with Crippen LogP contribution in [0.1, 0.15) is 18.1 Å². The maximum atomic E-state index is 12.4. The zero-order valence-electron chi connectivity index (χ0n) is 15.3. The highest BCUT2D eigenvalue weighted by Gasteiger charge is 2.25. The first-order chi connectivity index (χ1) is 13.0. The molecule has 27 heavy (non-hydrogen) atoms. The summed E-state index contributed by atoms with van der Waals surface area (Å²) < 4.78 is 4.78. The number of methoxy groups -OCH3 is 1. The average molecular weight is 369 g/mol. The zero-order chi connectivity index (χ0) is 19.6. The maximum absolute atomic E-state index is 12.4. The molecule has 1 aromatic carbocycles. The normalized spacial score (nSPS) is 12.5. The number of hydrogen-bond donors (Lipinski definition) is 2. The summed E-state index contributed by atoms with van der Waals surface area (Å²) in [7, 11) is 1.27. The molecule has 2 rings (SSSR count). The van der Waals surface area contributed by atoms with Gasteiger partial charge in [0, 0.05) is 18.8 Å². The Balaban J connectivity index is 1.92. The molecule has 1 aromatic heterocycles. The minimum atomic E-state index is -0.831. The fourth-order valence-electron chi connectivity index (χ4n) is 2.53. The lowest BCUT2D eigenvalue weighted by atomic mass is 10.1. The lowest BCUT2D eigenvalue weighted by molar-refractivity contribution is -0.145. The molecule has 7 nitrogen and oxygen atoms in total. The van der Waals surface area contributed by atoms with E-state index in [0.717, 1.165) is 11.1 Å². The van der Waals surface area contributed by atoms with Gasteiger partial charge >= 0.3 is 5.97 Å². The number of benzene rings is 1. The van der Waals surface area contributed by atoms with E-state index >= 15 is 0 Å². The number of hydrogen-bond acceptors (Lipinski definition) is 5.